The smallest absolute Gasteiger partial charge is 0.106 e. The van der Waals surface area contributed by atoms with Crippen LogP contribution in [0.4, 0.5) is 0 Å². The van der Waals surface area contributed by atoms with Crippen molar-refractivity contribution in [1.82, 2.24) is 19.7 Å². The number of H-pyrrole nitrogens is 1. The number of nitrogens with two attached hydrogens (primary N) is 1. The van der Waals surface area contributed by atoms with Gasteiger partial charge in [0.05, 0.1) is 17.6 Å². The van der Waals surface area contributed by atoms with E-state index in [-0.39, 0.29) is 0 Å². The Kier molecular flexibility index (Phi) is 2.82. The molecule has 5 nitrogen and oxygen atoms in total. The first-order chi connectivity index (χ1) is 7.31. The van der Waals surface area contributed by atoms with Crippen LogP contribution in [0.3, 0.4) is 0 Å². The van der Waals surface area contributed by atoms with Crippen LogP contribution >= 0.6 is 0 Å². The monoisotopic (exact) mass is 205 g/mol. The third kappa shape index (κ3) is 2.07. The van der Waals surface area contributed by atoms with Crippen molar-refractivity contribution in [3.63, 3.8) is 0 Å². The number of aromatic nitrogens is 4. The zero-order chi connectivity index (χ0) is 10.7. The van der Waals surface area contributed by atoms with Crippen molar-refractivity contribution >= 4 is 0 Å². The molecule has 0 aliphatic heterocycles. The predicted octanol–water partition coefficient (Wildman–Crippen LogP) is 0.702. The minimum absolute atomic E-state index is 0.696. The Balaban J connectivity index is 2.17. The van der Waals surface area contributed by atoms with Gasteiger partial charge in [-0.1, -0.05) is 0 Å². The van der Waals surface area contributed by atoms with Crippen molar-refractivity contribution in [2.75, 3.05) is 6.54 Å². The summed E-state index contributed by atoms with van der Waals surface area (Å²) < 4.78 is 1.82. The van der Waals surface area contributed by atoms with Gasteiger partial charge >= 0.3 is 0 Å². The number of nitrogens with one attached hydrogen (secondary N) is 1. The Morgan fingerprint density at radius 2 is 2.40 bits per heavy atom. The molecule has 15 heavy (non-hydrogen) atoms. The molecule has 80 valence electrons. The highest BCUT2D eigenvalue weighted by Gasteiger charge is 2.05. The third-order valence-electron chi connectivity index (χ3n) is 2.34. The highest BCUT2D eigenvalue weighted by Crippen LogP contribution is 2.15. The summed E-state index contributed by atoms with van der Waals surface area (Å²) in [5, 5.41) is 4.11. The lowest BCUT2D eigenvalue weighted by Crippen LogP contribution is -2.01. The van der Waals surface area contributed by atoms with E-state index >= 15 is 0 Å². The highest BCUT2D eigenvalue weighted by molar-refractivity contribution is 5.52. The molecule has 2 aromatic heterocycles. The lowest BCUT2D eigenvalue weighted by Gasteiger charge is -1.97. The fourth-order valence-electron chi connectivity index (χ4n) is 1.53. The van der Waals surface area contributed by atoms with Crippen molar-refractivity contribution in [3.05, 3.63) is 24.3 Å². The molecule has 0 spiro atoms. The van der Waals surface area contributed by atoms with Gasteiger partial charge in [-0.2, -0.15) is 5.10 Å². The summed E-state index contributed by atoms with van der Waals surface area (Å²) in [6, 6.07) is 1.96. The van der Waals surface area contributed by atoms with Crippen LogP contribution in [0.2, 0.25) is 0 Å². The van der Waals surface area contributed by atoms with E-state index in [0.717, 1.165) is 30.1 Å². The van der Waals surface area contributed by atoms with Crippen LogP contribution < -0.4 is 5.73 Å². The maximum absolute atomic E-state index is 5.45. The second-order valence-corrected chi connectivity index (χ2v) is 3.48. The number of nitrogens with zero attached hydrogens (tertiary/aromatic N) is 3. The largest absolute Gasteiger partial charge is 0.341 e. The van der Waals surface area contributed by atoms with E-state index in [4.69, 9.17) is 5.73 Å². The number of imidazole rings is 1. The molecule has 2 rings (SSSR count). The van der Waals surface area contributed by atoms with Crippen molar-refractivity contribution in [3.8, 4) is 11.4 Å². The lowest BCUT2D eigenvalue weighted by molar-refractivity contribution is 0.771. The standard InChI is InChI=1S/C10H15N5/c1-15-9(4-6-13-15)8-7-12-10(14-8)3-2-5-11/h4,6-7H,2-3,5,11H2,1H3,(H,12,14). The normalized spacial score (nSPS) is 10.8. The van der Waals surface area contributed by atoms with Gasteiger partial charge in [0.25, 0.3) is 0 Å². The zero-order valence-electron chi connectivity index (χ0n) is 8.77. The molecule has 0 aliphatic rings. The molecule has 0 saturated heterocycles. The first-order valence-corrected chi connectivity index (χ1v) is 5.03. The van der Waals surface area contributed by atoms with Crippen molar-refractivity contribution in [2.24, 2.45) is 12.8 Å². The predicted molar refractivity (Wildman–Crippen MR) is 58.2 cm³/mol. The van der Waals surface area contributed by atoms with Gasteiger partial charge in [0.15, 0.2) is 0 Å². The van der Waals surface area contributed by atoms with E-state index in [9.17, 15) is 0 Å². The number of hydrogen-bond acceptors (Lipinski definition) is 3. The summed E-state index contributed by atoms with van der Waals surface area (Å²) >= 11 is 0. The van der Waals surface area contributed by atoms with Crippen molar-refractivity contribution in [1.29, 1.82) is 0 Å². The van der Waals surface area contributed by atoms with Gasteiger partial charge in [-0.15, -0.1) is 0 Å². The summed E-state index contributed by atoms with van der Waals surface area (Å²) in [6.45, 7) is 0.696. The highest BCUT2D eigenvalue weighted by atomic mass is 15.3. The van der Waals surface area contributed by atoms with E-state index in [1.807, 2.05) is 24.0 Å². The molecular weight excluding hydrogens is 190 g/mol. The van der Waals surface area contributed by atoms with Crippen molar-refractivity contribution < 1.29 is 0 Å². The van der Waals surface area contributed by atoms with E-state index in [0.29, 0.717) is 6.54 Å². The molecule has 5 heteroatoms. The van der Waals surface area contributed by atoms with Gasteiger partial charge in [-0.25, -0.2) is 4.98 Å². The summed E-state index contributed by atoms with van der Waals surface area (Å²) in [6.07, 6.45) is 5.46. The summed E-state index contributed by atoms with van der Waals surface area (Å²) in [4.78, 5) is 7.56. The molecule has 0 saturated carbocycles. The molecule has 0 aromatic carbocycles. The molecule has 0 fully saturated rings. The number of aryl methyl sites for hydroxylation is 2. The third-order valence-corrected chi connectivity index (χ3v) is 2.34. The minimum atomic E-state index is 0.696. The quantitative estimate of drug-likeness (QED) is 0.771. The first-order valence-electron chi connectivity index (χ1n) is 5.03. The van der Waals surface area contributed by atoms with Gasteiger partial charge in [0.2, 0.25) is 0 Å². The SMILES string of the molecule is Cn1nccc1-c1cnc(CCCN)[nH]1. The van der Waals surface area contributed by atoms with Gasteiger partial charge in [-0.3, -0.25) is 4.68 Å². The van der Waals surface area contributed by atoms with E-state index < -0.39 is 0 Å². The van der Waals surface area contributed by atoms with Crippen LogP contribution in [-0.4, -0.2) is 26.3 Å². The average Bonchev–Trinajstić information content (AvgIpc) is 2.83. The van der Waals surface area contributed by atoms with Gasteiger partial charge < -0.3 is 10.7 Å². The van der Waals surface area contributed by atoms with Crippen LogP contribution in [-0.2, 0) is 13.5 Å². The molecule has 0 unspecified atom stereocenters. The Labute approximate surface area is 88.3 Å². The van der Waals surface area contributed by atoms with Gasteiger partial charge in [0.1, 0.15) is 5.82 Å². The molecule has 2 heterocycles. The maximum Gasteiger partial charge on any atom is 0.106 e. The van der Waals surface area contributed by atoms with E-state index in [1.54, 1.807) is 6.20 Å². The summed E-state index contributed by atoms with van der Waals surface area (Å²) in [7, 11) is 1.91. The topological polar surface area (TPSA) is 72.5 Å². The Morgan fingerprint density at radius 1 is 1.53 bits per heavy atom. The van der Waals surface area contributed by atoms with Crippen LogP contribution in [0.1, 0.15) is 12.2 Å². The lowest BCUT2D eigenvalue weighted by atomic mass is 10.3. The number of hydrogen-bond donors (Lipinski definition) is 2. The van der Waals surface area contributed by atoms with Crippen LogP contribution in [0, 0.1) is 0 Å². The molecule has 0 radical (unpaired) electrons. The van der Waals surface area contributed by atoms with E-state index in [2.05, 4.69) is 15.1 Å². The fourth-order valence-corrected chi connectivity index (χ4v) is 1.53. The summed E-state index contributed by atoms with van der Waals surface area (Å²) in [5.74, 6) is 0.983. The summed E-state index contributed by atoms with van der Waals surface area (Å²) in [5.41, 5.74) is 7.49. The minimum Gasteiger partial charge on any atom is -0.341 e. The van der Waals surface area contributed by atoms with Crippen LogP contribution in [0.5, 0.6) is 0 Å². The second kappa shape index (κ2) is 4.27. The molecule has 0 bridgehead atoms. The Hall–Kier alpha value is -1.62. The van der Waals surface area contributed by atoms with Crippen molar-refractivity contribution in [2.45, 2.75) is 12.8 Å². The second-order valence-electron chi connectivity index (χ2n) is 3.48. The first kappa shape index (κ1) is 9.92. The molecule has 0 atom stereocenters. The zero-order valence-corrected chi connectivity index (χ0v) is 8.77. The van der Waals surface area contributed by atoms with Crippen LogP contribution in [0.25, 0.3) is 11.4 Å². The maximum atomic E-state index is 5.45. The van der Waals surface area contributed by atoms with Crippen LogP contribution in [0.15, 0.2) is 18.5 Å². The molecular formula is C10H15N5. The molecule has 0 amide bonds. The van der Waals surface area contributed by atoms with E-state index in [1.165, 1.54) is 0 Å². The average molecular weight is 205 g/mol. The number of rotatable bonds is 4. The fraction of sp³-hybridized carbons (Fsp3) is 0.400. The Bertz CT molecular complexity index is 428. The van der Waals surface area contributed by atoms with Gasteiger partial charge in [-0.05, 0) is 19.0 Å². The molecule has 3 N–H and O–H groups in total. The number of aromatic amines is 1. The van der Waals surface area contributed by atoms with Gasteiger partial charge in [0, 0.05) is 19.7 Å². The molecule has 0 aliphatic carbocycles. The molecule has 2 aromatic rings. The Morgan fingerprint density at radius 3 is 3.07 bits per heavy atom.